The lowest BCUT2D eigenvalue weighted by atomic mass is 10.1. The highest BCUT2D eigenvalue weighted by Crippen LogP contribution is 2.17. The molecule has 1 atom stereocenters. The second-order valence-corrected chi connectivity index (χ2v) is 5.31. The van der Waals surface area contributed by atoms with Crippen molar-refractivity contribution < 1.29 is 9.59 Å². The summed E-state index contributed by atoms with van der Waals surface area (Å²) in [7, 11) is 0. The van der Waals surface area contributed by atoms with Crippen LogP contribution in [0.3, 0.4) is 0 Å². The van der Waals surface area contributed by atoms with Crippen molar-refractivity contribution in [3.63, 3.8) is 0 Å². The maximum absolute atomic E-state index is 11.9. The third-order valence-corrected chi connectivity index (χ3v) is 3.17. The number of hydrogen-bond donors (Lipinski definition) is 3. The molecule has 0 saturated heterocycles. The van der Waals surface area contributed by atoms with Crippen molar-refractivity contribution in [2.24, 2.45) is 5.73 Å². The van der Waals surface area contributed by atoms with Crippen LogP contribution in [0.5, 0.6) is 0 Å². The van der Waals surface area contributed by atoms with E-state index in [-0.39, 0.29) is 17.9 Å². The first-order valence-corrected chi connectivity index (χ1v) is 7.38. The maximum atomic E-state index is 11.9. The van der Waals surface area contributed by atoms with Crippen LogP contribution < -0.4 is 16.4 Å². The van der Waals surface area contributed by atoms with Crippen molar-refractivity contribution in [2.45, 2.75) is 46.1 Å². The molecule has 4 N–H and O–H groups in total. The lowest BCUT2D eigenvalue weighted by molar-refractivity contribution is -0.116. The number of benzene rings is 1. The van der Waals surface area contributed by atoms with Crippen LogP contribution in [0.2, 0.25) is 0 Å². The van der Waals surface area contributed by atoms with E-state index in [0.717, 1.165) is 18.4 Å². The lowest BCUT2D eigenvalue weighted by Crippen LogP contribution is -2.23. The number of aryl methyl sites for hydroxylation is 1. The Hall–Kier alpha value is -1.88. The topological polar surface area (TPSA) is 84.2 Å². The monoisotopic (exact) mass is 291 g/mol. The minimum absolute atomic E-state index is 0.0493. The van der Waals surface area contributed by atoms with Crippen LogP contribution in [-0.4, -0.2) is 24.4 Å². The molecule has 1 aromatic carbocycles. The molecule has 0 saturated carbocycles. The van der Waals surface area contributed by atoms with Crippen molar-refractivity contribution in [1.82, 2.24) is 5.32 Å². The molecule has 0 aliphatic rings. The van der Waals surface area contributed by atoms with E-state index in [1.165, 1.54) is 0 Å². The lowest BCUT2D eigenvalue weighted by Gasteiger charge is -2.11. The van der Waals surface area contributed by atoms with Crippen molar-refractivity contribution in [3.8, 4) is 0 Å². The van der Waals surface area contributed by atoms with E-state index in [4.69, 9.17) is 5.73 Å². The quantitative estimate of drug-likeness (QED) is 0.720. The molecule has 0 bridgehead atoms. The zero-order chi connectivity index (χ0) is 15.8. The number of hydrogen-bond acceptors (Lipinski definition) is 3. The number of nitrogens with one attached hydrogen (secondary N) is 2. The number of rotatable bonds is 7. The van der Waals surface area contributed by atoms with Crippen LogP contribution in [0.1, 0.15) is 49.0 Å². The first-order chi connectivity index (χ1) is 9.93. The molecule has 1 unspecified atom stereocenters. The smallest absolute Gasteiger partial charge is 0.251 e. The second kappa shape index (κ2) is 8.42. The third-order valence-electron chi connectivity index (χ3n) is 3.17. The molecule has 2 amide bonds. The van der Waals surface area contributed by atoms with Gasteiger partial charge in [0, 0.05) is 30.3 Å². The van der Waals surface area contributed by atoms with E-state index < -0.39 is 0 Å². The number of carbonyl (C=O) groups excluding carboxylic acids is 2. The summed E-state index contributed by atoms with van der Waals surface area (Å²) in [6.45, 7) is 6.27. The molecular formula is C16H25N3O2. The van der Waals surface area contributed by atoms with Gasteiger partial charge in [0.1, 0.15) is 0 Å². The summed E-state index contributed by atoms with van der Waals surface area (Å²) in [4.78, 5) is 23.7. The number of nitrogens with two attached hydrogens (primary N) is 1. The molecule has 0 heterocycles. The van der Waals surface area contributed by atoms with E-state index in [9.17, 15) is 9.59 Å². The van der Waals surface area contributed by atoms with E-state index >= 15 is 0 Å². The van der Waals surface area contributed by atoms with Gasteiger partial charge in [-0.15, -0.1) is 0 Å². The van der Waals surface area contributed by atoms with E-state index in [2.05, 4.69) is 10.6 Å². The molecule has 116 valence electrons. The van der Waals surface area contributed by atoms with Gasteiger partial charge in [-0.2, -0.15) is 0 Å². The molecular weight excluding hydrogens is 266 g/mol. The highest BCUT2D eigenvalue weighted by Gasteiger charge is 2.09. The Labute approximate surface area is 126 Å². The Kier molecular flexibility index (Phi) is 6.88. The van der Waals surface area contributed by atoms with E-state index in [0.29, 0.717) is 24.2 Å². The van der Waals surface area contributed by atoms with Crippen molar-refractivity contribution in [2.75, 3.05) is 11.9 Å². The summed E-state index contributed by atoms with van der Waals surface area (Å²) >= 11 is 0. The van der Waals surface area contributed by atoms with Crippen molar-refractivity contribution >= 4 is 17.5 Å². The van der Waals surface area contributed by atoms with Crippen LogP contribution in [-0.2, 0) is 4.79 Å². The Morgan fingerprint density at radius 1 is 1.33 bits per heavy atom. The Bertz CT molecular complexity index is 498. The predicted octanol–water partition coefficient (Wildman–Crippen LogP) is 2.20. The molecule has 0 spiro atoms. The minimum Gasteiger partial charge on any atom is -0.352 e. The molecule has 0 aliphatic heterocycles. The van der Waals surface area contributed by atoms with Gasteiger partial charge in [-0.25, -0.2) is 0 Å². The first-order valence-electron chi connectivity index (χ1n) is 7.38. The van der Waals surface area contributed by atoms with Gasteiger partial charge < -0.3 is 16.4 Å². The van der Waals surface area contributed by atoms with Crippen molar-refractivity contribution in [3.05, 3.63) is 29.3 Å². The average Bonchev–Trinajstić information content (AvgIpc) is 2.41. The minimum atomic E-state index is -0.134. The Balaban J connectivity index is 2.67. The summed E-state index contributed by atoms with van der Waals surface area (Å²) in [6.07, 6.45) is 2.02. The highest BCUT2D eigenvalue weighted by atomic mass is 16.2. The normalized spacial score (nSPS) is 11.8. The van der Waals surface area contributed by atoms with Crippen LogP contribution in [0.15, 0.2) is 18.2 Å². The maximum Gasteiger partial charge on any atom is 0.251 e. The van der Waals surface area contributed by atoms with Gasteiger partial charge in [0.25, 0.3) is 5.91 Å². The fourth-order valence-electron chi connectivity index (χ4n) is 1.96. The van der Waals surface area contributed by atoms with Gasteiger partial charge in [0.2, 0.25) is 5.91 Å². The molecule has 5 heteroatoms. The Morgan fingerprint density at radius 3 is 2.67 bits per heavy atom. The van der Waals surface area contributed by atoms with E-state index in [1.807, 2.05) is 26.8 Å². The zero-order valence-corrected chi connectivity index (χ0v) is 13.0. The summed E-state index contributed by atoms with van der Waals surface area (Å²) < 4.78 is 0. The summed E-state index contributed by atoms with van der Waals surface area (Å²) in [5, 5.41) is 5.60. The molecule has 5 nitrogen and oxygen atoms in total. The molecule has 0 aromatic heterocycles. The number of carbonyl (C=O) groups is 2. The fraction of sp³-hybridized carbons (Fsp3) is 0.500. The predicted molar refractivity (Wildman–Crippen MR) is 85.3 cm³/mol. The first kappa shape index (κ1) is 17.2. The summed E-state index contributed by atoms with van der Waals surface area (Å²) in [5.41, 5.74) is 7.83. The van der Waals surface area contributed by atoms with Gasteiger partial charge in [0.15, 0.2) is 0 Å². The summed E-state index contributed by atoms with van der Waals surface area (Å²) in [5.74, 6) is -0.184. The number of amides is 2. The number of anilines is 1. The largest absolute Gasteiger partial charge is 0.352 e. The van der Waals surface area contributed by atoms with Crippen LogP contribution in [0.25, 0.3) is 0 Å². The van der Waals surface area contributed by atoms with Gasteiger partial charge in [-0.05, 0) is 51.3 Å². The second-order valence-electron chi connectivity index (χ2n) is 5.31. The third kappa shape index (κ3) is 5.95. The molecule has 1 aromatic rings. The van der Waals surface area contributed by atoms with Gasteiger partial charge in [-0.3, -0.25) is 9.59 Å². The fourth-order valence-corrected chi connectivity index (χ4v) is 1.96. The standard InChI is InChI=1S/C16H25N3O2/c1-4-18-16(21)13-9-8-11(2)14(10-13)19-15(20)7-5-6-12(3)17/h8-10,12H,4-7,17H2,1-3H3,(H,18,21)(H,19,20). The van der Waals surface area contributed by atoms with Crippen LogP contribution in [0, 0.1) is 6.92 Å². The van der Waals surface area contributed by atoms with Gasteiger partial charge in [-0.1, -0.05) is 6.07 Å². The van der Waals surface area contributed by atoms with Crippen LogP contribution in [0.4, 0.5) is 5.69 Å². The van der Waals surface area contributed by atoms with E-state index in [1.54, 1.807) is 12.1 Å². The van der Waals surface area contributed by atoms with Gasteiger partial charge >= 0.3 is 0 Å². The molecule has 1 rings (SSSR count). The van der Waals surface area contributed by atoms with Gasteiger partial charge in [0.05, 0.1) is 0 Å². The SMILES string of the molecule is CCNC(=O)c1ccc(C)c(NC(=O)CCCC(C)N)c1. The van der Waals surface area contributed by atoms with Crippen LogP contribution >= 0.6 is 0 Å². The summed E-state index contributed by atoms with van der Waals surface area (Å²) in [6, 6.07) is 5.42. The molecule has 21 heavy (non-hydrogen) atoms. The molecule has 0 fully saturated rings. The zero-order valence-electron chi connectivity index (χ0n) is 13.0. The molecule has 0 aliphatic carbocycles. The average molecular weight is 291 g/mol. The Morgan fingerprint density at radius 2 is 2.05 bits per heavy atom. The molecule has 0 radical (unpaired) electrons. The van der Waals surface area contributed by atoms with Crippen molar-refractivity contribution in [1.29, 1.82) is 0 Å². The highest BCUT2D eigenvalue weighted by molar-refractivity contribution is 5.97.